The molecular weight excluding hydrogens is 679 g/mol. The van der Waals surface area contributed by atoms with E-state index >= 15 is 0 Å². The van der Waals surface area contributed by atoms with E-state index in [2.05, 4.69) is 164 Å². The number of hydrogen-bond acceptors (Lipinski definition) is 4. The Labute approximate surface area is 314 Å². The average molecular weight is 710 g/mol. The van der Waals surface area contributed by atoms with E-state index in [9.17, 15) is 0 Å². The van der Waals surface area contributed by atoms with E-state index in [0.717, 1.165) is 66.6 Å². The first-order chi connectivity index (χ1) is 26.5. The van der Waals surface area contributed by atoms with Crippen LogP contribution in [0.2, 0.25) is 0 Å². The predicted octanol–water partition coefficient (Wildman–Crippen LogP) is 13.5. The van der Waals surface area contributed by atoms with Crippen LogP contribution in [-0.4, -0.2) is 14.5 Å². The topological polar surface area (TPSA) is 43.9 Å². The van der Waals surface area contributed by atoms with E-state index in [-0.39, 0.29) is 5.41 Å². The maximum Gasteiger partial charge on any atom is 0.161 e. The van der Waals surface area contributed by atoms with Crippen LogP contribution in [0.1, 0.15) is 25.0 Å². The summed E-state index contributed by atoms with van der Waals surface area (Å²) in [6.07, 6.45) is 0. The molecule has 12 rings (SSSR count). The Kier molecular flexibility index (Phi) is 5.96. The lowest BCUT2D eigenvalue weighted by atomic mass is 9.74. The molecule has 5 heterocycles. The van der Waals surface area contributed by atoms with E-state index in [4.69, 9.17) is 14.4 Å². The molecule has 0 saturated carbocycles. The zero-order chi connectivity index (χ0) is 35.7. The number of hydrogen-bond donors (Lipinski definition) is 0. The summed E-state index contributed by atoms with van der Waals surface area (Å²) in [4.78, 5) is 10.5. The van der Waals surface area contributed by atoms with Gasteiger partial charge in [-0.05, 0) is 76.9 Å². The summed E-state index contributed by atoms with van der Waals surface area (Å²) in [6.45, 7) is 4.70. The van der Waals surface area contributed by atoms with Gasteiger partial charge in [0, 0.05) is 52.9 Å². The number of para-hydroxylation sites is 3. The first kappa shape index (κ1) is 30.0. The van der Waals surface area contributed by atoms with Crippen molar-refractivity contribution in [3.05, 3.63) is 163 Å². The number of rotatable bonds is 3. The Hall–Kier alpha value is -6.56. The highest BCUT2D eigenvalue weighted by atomic mass is 32.1. The van der Waals surface area contributed by atoms with E-state index in [0.29, 0.717) is 0 Å². The van der Waals surface area contributed by atoms with Crippen LogP contribution in [0.15, 0.2) is 156 Å². The minimum Gasteiger partial charge on any atom is -0.454 e. The van der Waals surface area contributed by atoms with Crippen LogP contribution < -0.4 is 0 Å². The molecule has 4 nitrogen and oxygen atoms in total. The first-order valence-electron chi connectivity index (χ1n) is 18.4. The van der Waals surface area contributed by atoms with Crippen LogP contribution in [0.4, 0.5) is 0 Å². The Balaban J connectivity index is 1.04. The number of thiophene rings is 1. The summed E-state index contributed by atoms with van der Waals surface area (Å²) in [5.74, 6) is 0.747. The summed E-state index contributed by atoms with van der Waals surface area (Å²) in [5.41, 5.74) is 14.1. The van der Waals surface area contributed by atoms with E-state index in [1.54, 1.807) is 0 Å². The highest BCUT2D eigenvalue weighted by molar-refractivity contribution is 7.26. The summed E-state index contributed by atoms with van der Waals surface area (Å²) < 4.78 is 11.5. The molecule has 5 heteroatoms. The largest absolute Gasteiger partial charge is 0.454 e. The second-order valence-electron chi connectivity index (χ2n) is 14.9. The molecule has 0 fully saturated rings. The number of furan rings is 1. The van der Waals surface area contributed by atoms with Crippen molar-refractivity contribution in [2.75, 3.05) is 0 Å². The minimum absolute atomic E-state index is 0.227. The monoisotopic (exact) mass is 709 g/mol. The van der Waals surface area contributed by atoms with Crippen molar-refractivity contribution in [2.45, 2.75) is 19.3 Å². The van der Waals surface area contributed by atoms with Crippen LogP contribution in [0.25, 0.3) is 104 Å². The van der Waals surface area contributed by atoms with E-state index in [1.165, 1.54) is 48.1 Å². The van der Waals surface area contributed by atoms with Gasteiger partial charge in [-0.1, -0.05) is 111 Å². The molecule has 0 bridgehead atoms. The first-order valence-corrected chi connectivity index (χ1v) is 19.2. The van der Waals surface area contributed by atoms with Gasteiger partial charge in [0.2, 0.25) is 0 Å². The van der Waals surface area contributed by atoms with Crippen LogP contribution in [0.3, 0.4) is 0 Å². The van der Waals surface area contributed by atoms with Gasteiger partial charge in [-0.25, -0.2) is 9.97 Å². The van der Waals surface area contributed by atoms with Crippen LogP contribution in [0.5, 0.6) is 0 Å². The third kappa shape index (κ3) is 4.02. The summed E-state index contributed by atoms with van der Waals surface area (Å²) >= 11 is 1.81. The van der Waals surface area contributed by atoms with E-state index in [1.807, 2.05) is 17.4 Å². The van der Waals surface area contributed by atoms with Crippen molar-refractivity contribution in [1.82, 2.24) is 14.5 Å². The summed E-state index contributed by atoms with van der Waals surface area (Å²) in [6, 6.07) is 54.4. The second-order valence-corrected chi connectivity index (χ2v) is 16.0. The normalized spacial score (nSPS) is 13.5. The summed E-state index contributed by atoms with van der Waals surface area (Å²) in [7, 11) is 0. The third-order valence-corrected chi connectivity index (χ3v) is 12.8. The quantitative estimate of drug-likeness (QED) is 0.183. The Bertz CT molecular complexity index is 3380. The van der Waals surface area contributed by atoms with Crippen LogP contribution in [0, 0.1) is 0 Å². The zero-order valence-electron chi connectivity index (χ0n) is 29.6. The molecule has 0 unspecified atom stereocenters. The number of fused-ring (bicyclic) bond motifs is 11. The predicted molar refractivity (Wildman–Crippen MR) is 225 cm³/mol. The molecule has 0 amide bonds. The fourth-order valence-corrected chi connectivity index (χ4v) is 10.2. The molecule has 254 valence electrons. The van der Waals surface area contributed by atoms with Crippen molar-refractivity contribution in [3.63, 3.8) is 0 Å². The van der Waals surface area contributed by atoms with Gasteiger partial charge in [-0.2, -0.15) is 0 Å². The molecule has 7 aromatic carbocycles. The standard InChI is InChI=1S/C49H31N3OS/c1-49(2)37-20-11-18-35-44(37)52(45-34-16-4-7-22-41(34)53-46(35)45)40-25-24-29(27-38(40)49)28-12-9-13-30(26-28)43-33-15-3-6-21-39(33)50-48(51-43)36-19-10-17-32-31-14-5-8-23-42(31)54-47(32)36/h3-27H,1-2H3. The SMILES string of the molecule is CC1(C)c2cc(-c3cccc(-c4nc(-c5cccc6c5sc5ccccc56)nc5ccccc45)c3)ccc2-n2c3c1cccc3c1oc3ccccc3c12. The van der Waals surface area contributed by atoms with Crippen molar-refractivity contribution in [2.24, 2.45) is 0 Å². The number of benzene rings is 7. The average Bonchev–Trinajstić information content (AvgIpc) is 3.89. The third-order valence-electron chi connectivity index (χ3n) is 11.6. The van der Waals surface area contributed by atoms with Gasteiger partial charge in [0.05, 0.1) is 22.4 Å². The van der Waals surface area contributed by atoms with Crippen molar-refractivity contribution in [3.8, 4) is 39.5 Å². The Morgan fingerprint density at radius 3 is 2.20 bits per heavy atom. The van der Waals surface area contributed by atoms with Crippen molar-refractivity contribution >= 4 is 75.4 Å². The van der Waals surface area contributed by atoms with Gasteiger partial charge in [0.25, 0.3) is 0 Å². The molecular formula is C49H31N3OS. The Morgan fingerprint density at radius 2 is 1.28 bits per heavy atom. The fraction of sp³-hybridized carbons (Fsp3) is 0.0612. The van der Waals surface area contributed by atoms with Crippen LogP contribution in [-0.2, 0) is 5.41 Å². The number of aromatic nitrogens is 3. The van der Waals surface area contributed by atoms with Gasteiger partial charge in [-0.3, -0.25) is 0 Å². The fourth-order valence-electron chi connectivity index (χ4n) is 9.00. The molecule has 1 aliphatic rings. The highest BCUT2D eigenvalue weighted by Gasteiger charge is 2.36. The molecule has 0 N–H and O–H groups in total. The highest BCUT2D eigenvalue weighted by Crippen LogP contribution is 2.50. The van der Waals surface area contributed by atoms with Gasteiger partial charge >= 0.3 is 0 Å². The van der Waals surface area contributed by atoms with Crippen LogP contribution >= 0.6 is 11.3 Å². The van der Waals surface area contributed by atoms with Crippen molar-refractivity contribution in [1.29, 1.82) is 0 Å². The molecule has 1 aliphatic heterocycles. The molecule has 0 atom stereocenters. The molecule has 0 radical (unpaired) electrons. The van der Waals surface area contributed by atoms with Crippen molar-refractivity contribution < 1.29 is 4.42 Å². The lowest BCUT2D eigenvalue weighted by Gasteiger charge is -2.35. The number of nitrogens with zero attached hydrogens (tertiary/aromatic N) is 3. The molecule has 11 aromatic rings. The molecule has 0 saturated heterocycles. The Morgan fingerprint density at radius 1 is 0.556 bits per heavy atom. The van der Waals surface area contributed by atoms with Gasteiger partial charge < -0.3 is 8.98 Å². The maximum absolute atomic E-state index is 6.53. The van der Waals surface area contributed by atoms with Gasteiger partial charge in [-0.15, -0.1) is 11.3 Å². The molecule has 54 heavy (non-hydrogen) atoms. The molecule has 4 aromatic heterocycles. The van der Waals surface area contributed by atoms with Gasteiger partial charge in [0.1, 0.15) is 11.1 Å². The summed E-state index contributed by atoms with van der Waals surface area (Å²) in [5, 5.41) is 5.85. The smallest absolute Gasteiger partial charge is 0.161 e. The lowest BCUT2D eigenvalue weighted by Crippen LogP contribution is -2.26. The maximum atomic E-state index is 6.53. The minimum atomic E-state index is -0.227. The molecule has 0 spiro atoms. The second kappa shape index (κ2) is 10.8. The zero-order valence-corrected chi connectivity index (χ0v) is 30.4. The van der Waals surface area contributed by atoms with Gasteiger partial charge in [0.15, 0.2) is 11.4 Å². The molecule has 0 aliphatic carbocycles. The van der Waals surface area contributed by atoms with E-state index < -0.39 is 0 Å². The lowest BCUT2D eigenvalue weighted by molar-refractivity contribution is 0.630.